The number of rotatable bonds is 2. The zero-order chi connectivity index (χ0) is 15.0. The number of halogens is 2. The molecule has 0 spiro atoms. The van der Waals surface area contributed by atoms with E-state index in [1.165, 1.54) is 24.3 Å². The van der Waals surface area contributed by atoms with Gasteiger partial charge >= 0.3 is 0 Å². The van der Waals surface area contributed by atoms with Crippen molar-refractivity contribution >= 4 is 22.2 Å². The van der Waals surface area contributed by atoms with Crippen LogP contribution in [0.2, 0.25) is 0 Å². The lowest BCUT2D eigenvalue weighted by Gasteiger charge is -2.06. The van der Waals surface area contributed by atoms with Crippen LogP contribution in [0.1, 0.15) is 15.9 Å². The Hall–Kier alpha value is -2.75. The number of nitrogen functional groups attached to an aromatic ring is 1. The van der Waals surface area contributed by atoms with Crippen molar-refractivity contribution in [2.75, 3.05) is 5.73 Å². The largest absolute Gasteiger partial charge is 0.398 e. The summed E-state index contributed by atoms with van der Waals surface area (Å²) >= 11 is 0. The number of hydrogen-bond acceptors (Lipinski definition) is 2. The fourth-order valence-corrected chi connectivity index (χ4v) is 2.24. The maximum atomic E-state index is 13.3. The van der Waals surface area contributed by atoms with Crippen molar-refractivity contribution in [2.24, 2.45) is 0 Å². The molecule has 0 saturated carbocycles. The lowest BCUT2D eigenvalue weighted by atomic mass is 9.99. The Balaban J connectivity index is 2.11. The van der Waals surface area contributed by atoms with Gasteiger partial charge in [-0.15, -0.1) is 0 Å². The highest BCUT2D eigenvalue weighted by Gasteiger charge is 2.14. The standard InChI is InChI=1S/C17H11F2NO/c18-13-4-3-10-1-2-11(7-12(10)8-13)17(21)15-9-14(19)5-6-16(15)20/h1-9H,20H2. The van der Waals surface area contributed by atoms with Crippen molar-refractivity contribution in [3.63, 3.8) is 0 Å². The Morgan fingerprint density at radius 2 is 1.48 bits per heavy atom. The molecule has 0 atom stereocenters. The summed E-state index contributed by atoms with van der Waals surface area (Å²) in [5.41, 5.74) is 6.37. The second kappa shape index (κ2) is 4.98. The van der Waals surface area contributed by atoms with Gasteiger partial charge in [0, 0.05) is 16.8 Å². The molecule has 0 heterocycles. The van der Waals surface area contributed by atoms with E-state index in [1.807, 2.05) is 0 Å². The zero-order valence-corrected chi connectivity index (χ0v) is 10.9. The number of ketones is 1. The van der Waals surface area contributed by atoms with Gasteiger partial charge < -0.3 is 5.73 Å². The van der Waals surface area contributed by atoms with E-state index in [2.05, 4.69) is 0 Å². The van der Waals surface area contributed by atoms with Crippen LogP contribution in [0.15, 0.2) is 54.6 Å². The van der Waals surface area contributed by atoms with E-state index in [1.54, 1.807) is 24.3 Å². The molecule has 0 unspecified atom stereocenters. The number of nitrogens with two attached hydrogens (primary N) is 1. The molecule has 21 heavy (non-hydrogen) atoms. The van der Waals surface area contributed by atoms with Gasteiger partial charge in [-0.3, -0.25) is 4.79 Å². The van der Waals surface area contributed by atoms with E-state index in [4.69, 9.17) is 5.73 Å². The van der Waals surface area contributed by atoms with Crippen LogP contribution in [0.4, 0.5) is 14.5 Å². The number of benzene rings is 3. The molecule has 3 aromatic carbocycles. The first-order valence-corrected chi connectivity index (χ1v) is 6.33. The van der Waals surface area contributed by atoms with E-state index >= 15 is 0 Å². The van der Waals surface area contributed by atoms with Gasteiger partial charge in [-0.05, 0) is 47.2 Å². The third-order valence-electron chi connectivity index (χ3n) is 3.32. The quantitative estimate of drug-likeness (QED) is 0.572. The molecule has 0 aliphatic rings. The molecule has 0 fully saturated rings. The molecule has 0 aliphatic carbocycles. The van der Waals surface area contributed by atoms with Crippen LogP contribution >= 0.6 is 0 Å². The van der Waals surface area contributed by atoms with Crippen LogP contribution in [0.25, 0.3) is 10.8 Å². The minimum atomic E-state index is -0.528. The van der Waals surface area contributed by atoms with Crippen LogP contribution in [-0.4, -0.2) is 5.78 Å². The van der Waals surface area contributed by atoms with Crippen LogP contribution in [0.5, 0.6) is 0 Å². The Morgan fingerprint density at radius 1 is 0.810 bits per heavy atom. The normalized spacial score (nSPS) is 10.8. The summed E-state index contributed by atoms with van der Waals surface area (Å²) in [6.07, 6.45) is 0. The molecule has 0 aromatic heterocycles. The first-order chi connectivity index (χ1) is 10.0. The summed E-state index contributed by atoms with van der Waals surface area (Å²) in [6, 6.07) is 12.9. The van der Waals surface area contributed by atoms with Gasteiger partial charge in [0.1, 0.15) is 11.6 Å². The van der Waals surface area contributed by atoms with Crippen LogP contribution < -0.4 is 5.73 Å². The molecule has 3 aromatic rings. The van der Waals surface area contributed by atoms with Crippen LogP contribution in [0, 0.1) is 11.6 Å². The van der Waals surface area contributed by atoms with Crippen molar-refractivity contribution in [1.29, 1.82) is 0 Å². The van der Waals surface area contributed by atoms with Crippen LogP contribution in [-0.2, 0) is 0 Å². The van der Waals surface area contributed by atoms with E-state index < -0.39 is 11.6 Å². The summed E-state index contributed by atoms with van der Waals surface area (Å²) < 4.78 is 26.5. The number of anilines is 1. The van der Waals surface area contributed by atoms with Gasteiger partial charge in [-0.1, -0.05) is 18.2 Å². The highest BCUT2D eigenvalue weighted by molar-refractivity contribution is 6.13. The lowest BCUT2D eigenvalue weighted by molar-refractivity contribution is 0.103. The lowest BCUT2D eigenvalue weighted by Crippen LogP contribution is -2.06. The third kappa shape index (κ3) is 2.48. The minimum absolute atomic E-state index is 0.103. The van der Waals surface area contributed by atoms with E-state index in [-0.39, 0.29) is 17.1 Å². The molecule has 0 radical (unpaired) electrons. The first kappa shape index (κ1) is 13.2. The molecule has 104 valence electrons. The Bertz CT molecular complexity index is 859. The second-order valence-electron chi connectivity index (χ2n) is 4.77. The van der Waals surface area contributed by atoms with Crippen molar-refractivity contribution in [1.82, 2.24) is 0 Å². The van der Waals surface area contributed by atoms with Gasteiger partial charge in [0.15, 0.2) is 5.78 Å². The van der Waals surface area contributed by atoms with Gasteiger partial charge in [-0.25, -0.2) is 8.78 Å². The molecular weight excluding hydrogens is 272 g/mol. The zero-order valence-electron chi connectivity index (χ0n) is 10.9. The number of carbonyl (C=O) groups is 1. The number of hydrogen-bond donors (Lipinski definition) is 1. The Morgan fingerprint density at radius 3 is 2.29 bits per heavy atom. The van der Waals surface area contributed by atoms with Crippen LogP contribution in [0.3, 0.4) is 0 Å². The molecule has 3 rings (SSSR count). The predicted octanol–water partition coefficient (Wildman–Crippen LogP) is 3.93. The molecular formula is C17H11F2NO. The summed E-state index contributed by atoms with van der Waals surface area (Å²) in [5, 5.41) is 1.43. The van der Waals surface area contributed by atoms with Gasteiger partial charge in [-0.2, -0.15) is 0 Å². The van der Waals surface area contributed by atoms with Gasteiger partial charge in [0.25, 0.3) is 0 Å². The van der Waals surface area contributed by atoms with Crippen molar-refractivity contribution < 1.29 is 13.6 Å². The van der Waals surface area contributed by atoms with E-state index in [0.29, 0.717) is 10.9 Å². The maximum absolute atomic E-state index is 13.3. The highest BCUT2D eigenvalue weighted by Crippen LogP contribution is 2.22. The molecule has 2 N–H and O–H groups in total. The molecule has 0 amide bonds. The average molecular weight is 283 g/mol. The molecule has 0 bridgehead atoms. The van der Waals surface area contributed by atoms with Gasteiger partial charge in [0.05, 0.1) is 0 Å². The van der Waals surface area contributed by atoms with Gasteiger partial charge in [0.2, 0.25) is 0 Å². The number of carbonyl (C=O) groups excluding carboxylic acids is 1. The number of fused-ring (bicyclic) bond motifs is 1. The molecule has 2 nitrogen and oxygen atoms in total. The summed E-state index contributed by atoms with van der Waals surface area (Å²) in [7, 11) is 0. The fraction of sp³-hybridized carbons (Fsp3) is 0. The third-order valence-corrected chi connectivity index (χ3v) is 3.32. The van der Waals surface area contributed by atoms with E-state index in [0.717, 1.165) is 11.5 Å². The SMILES string of the molecule is Nc1ccc(F)cc1C(=O)c1ccc2ccc(F)cc2c1. The maximum Gasteiger partial charge on any atom is 0.195 e. The van der Waals surface area contributed by atoms with Crippen molar-refractivity contribution in [3.8, 4) is 0 Å². The molecule has 0 aliphatic heterocycles. The summed E-state index contributed by atoms with van der Waals surface area (Å²) in [5.74, 6) is -1.30. The second-order valence-corrected chi connectivity index (χ2v) is 4.77. The summed E-state index contributed by atoms with van der Waals surface area (Å²) in [4.78, 5) is 12.4. The smallest absolute Gasteiger partial charge is 0.195 e. The Labute approximate surface area is 119 Å². The molecule has 4 heteroatoms. The fourth-order valence-electron chi connectivity index (χ4n) is 2.24. The monoisotopic (exact) mass is 283 g/mol. The minimum Gasteiger partial charge on any atom is -0.398 e. The van der Waals surface area contributed by atoms with Crippen molar-refractivity contribution in [3.05, 3.63) is 77.4 Å². The Kier molecular flexibility index (Phi) is 3.14. The molecule has 0 saturated heterocycles. The average Bonchev–Trinajstić information content (AvgIpc) is 2.48. The highest BCUT2D eigenvalue weighted by atomic mass is 19.1. The van der Waals surface area contributed by atoms with E-state index in [9.17, 15) is 13.6 Å². The summed E-state index contributed by atoms with van der Waals surface area (Å²) in [6.45, 7) is 0. The topological polar surface area (TPSA) is 43.1 Å². The predicted molar refractivity (Wildman–Crippen MR) is 78.2 cm³/mol. The van der Waals surface area contributed by atoms with Crippen molar-refractivity contribution in [2.45, 2.75) is 0 Å². The first-order valence-electron chi connectivity index (χ1n) is 6.33.